The lowest BCUT2D eigenvalue weighted by Gasteiger charge is -2.46. The molecular formula is C21H22N6O. The summed E-state index contributed by atoms with van der Waals surface area (Å²) in [6.45, 7) is 1.89. The number of ether oxygens (including phenoxy) is 1. The number of H-pyrrole nitrogens is 1. The van der Waals surface area contributed by atoms with Crippen molar-refractivity contribution in [3.63, 3.8) is 0 Å². The van der Waals surface area contributed by atoms with E-state index in [1.807, 2.05) is 29.2 Å². The topological polar surface area (TPSA) is 80.1 Å². The fraction of sp³-hybridized carbons (Fsp3) is 0.381. The normalized spacial score (nSPS) is 19.3. The van der Waals surface area contributed by atoms with Crippen molar-refractivity contribution in [2.24, 2.45) is 5.41 Å². The maximum atomic E-state index is 5.42. The molecule has 2 fully saturated rings. The Morgan fingerprint density at radius 3 is 2.93 bits per heavy atom. The largest absolute Gasteiger partial charge is 0.380 e. The van der Waals surface area contributed by atoms with Crippen molar-refractivity contribution in [2.75, 3.05) is 18.5 Å². The summed E-state index contributed by atoms with van der Waals surface area (Å²) in [4.78, 5) is 12.6. The molecule has 2 aliphatic rings. The lowest BCUT2D eigenvalue weighted by atomic mass is 9.71. The van der Waals surface area contributed by atoms with Crippen LogP contribution in [0.2, 0.25) is 0 Å². The van der Waals surface area contributed by atoms with Crippen LogP contribution >= 0.6 is 0 Å². The molecule has 1 saturated heterocycles. The molecule has 2 N–H and O–H groups in total. The quantitative estimate of drug-likeness (QED) is 0.572. The van der Waals surface area contributed by atoms with Crippen molar-refractivity contribution in [1.29, 1.82) is 0 Å². The standard InChI is InChI=1S/C21H22N6O/c1-5-21(12-28-13-21)6-2-15(1)25-20-23-11-18-17(10-22-19(18)26-20)14-4-8-27-16(9-14)3-7-24-27/h3-4,7-11,15H,1-2,5-6,12-13H2,(H2,22,23,25,26). The van der Waals surface area contributed by atoms with Crippen molar-refractivity contribution >= 4 is 22.5 Å². The highest BCUT2D eigenvalue weighted by Gasteiger charge is 2.41. The summed E-state index contributed by atoms with van der Waals surface area (Å²) >= 11 is 0. The minimum absolute atomic E-state index is 0.447. The molecule has 7 nitrogen and oxygen atoms in total. The number of nitrogens with zero attached hydrogens (tertiary/aromatic N) is 4. The van der Waals surface area contributed by atoms with Gasteiger partial charge in [-0.05, 0) is 49.4 Å². The third-order valence-corrected chi connectivity index (χ3v) is 6.34. The average molecular weight is 374 g/mol. The van der Waals surface area contributed by atoms with Gasteiger partial charge in [0.25, 0.3) is 0 Å². The fourth-order valence-corrected chi connectivity index (χ4v) is 4.54. The monoisotopic (exact) mass is 374 g/mol. The maximum Gasteiger partial charge on any atom is 0.224 e. The first-order chi connectivity index (χ1) is 13.8. The minimum atomic E-state index is 0.447. The molecular weight excluding hydrogens is 352 g/mol. The molecule has 6 rings (SSSR count). The van der Waals surface area contributed by atoms with E-state index in [0.717, 1.165) is 53.7 Å². The highest BCUT2D eigenvalue weighted by molar-refractivity contribution is 5.94. The lowest BCUT2D eigenvalue weighted by molar-refractivity contribution is -0.131. The number of hydrogen-bond acceptors (Lipinski definition) is 5. The Labute approximate surface area is 162 Å². The minimum Gasteiger partial charge on any atom is -0.380 e. The summed E-state index contributed by atoms with van der Waals surface area (Å²) in [5, 5.41) is 8.82. The molecule has 5 heterocycles. The highest BCUT2D eigenvalue weighted by Crippen LogP contribution is 2.42. The van der Waals surface area contributed by atoms with Gasteiger partial charge in [-0.3, -0.25) is 0 Å². The molecule has 0 amide bonds. The number of anilines is 1. The number of aromatic amines is 1. The number of nitrogens with one attached hydrogen (secondary N) is 2. The lowest BCUT2D eigenvalue weighted by Crippen LogP contribution is -2.47. The van der Waals surface area contributed by atoms with E-state index in [-0.39, 0.29) is 0 Å². The molecule has 0 aromatic carbocycles. The van der Waals surface area contributed by atoms with Crippen LogP contribution < -0.4 is 5.32 Å². The smallest absolute Gasteiger partial charge is 0.224 e. The number of aromatic nitrogens is 5. The molecule has 1 aliphatic carbocycles. The molecule has 28 heavy (non-hydrogen) atoms. The van der Waals surface area contributed by atoms with Crippen LogP contribution in [-0.4, -0.2) is 43.8 Å². The highest BCUT2D eigenvalue weighted by atomic mass is 16.5. The van der Waals surface area contributed by atoms with Crippen LogP contribution in [0.25, 0.3) is 27.7 Å². The van der Waals surface area contributed by atoms with E-state index in [9.17, 15) is 0 Å². The first kappa shape index (κ1) is 16.1. The van der Waals surface area contributed by atoms with Crippen LogP contribution in [0.15, 0.2) is 43.0 Å². The van der Waals surface area contributed by atoms with E-state index < -0.39 is 0 Å². The van der Waals surface area contributed by atoms with Gasteiger partial charge in [0.05, 0.1) is 18.7 Å². The zero-order chi connectivity index (χ0) is 18.6. The maximum absolute atomic E-state index is 5.42. The molecule has 1 spiro atoms. The molecule has 4 aromatic rings. The van der Waals surface area contributed by atoms with Gasteiger partial charge in [-0.25, -0.2) is 9.50 Å². The van der Waals surface area contributed by atoms with Crippen LogP contribution in [-0.2, 0) is 4.74 Å². The summed E-state index contributed by atoms with van der Waals surface area (Å²) in [7, 11) is 0. The molecule has 7 heteroatoms. The first-order valence-electron chi connectivity index (χ1n) is 9.90. The van der Waals surface area contributed by atoms with Gasteiger partial charge in [-0.15, -0.1) is 0 Å². The summed E-state index contributed by atoms with van der Waals surface area (Å²) in [6.07, 6.45) is 12.5. The SMILES string of the molecule is c1cc2cc(-c3c[nH]c4nc(NC5CCC6(CC5)COC6)ncc34)ccn2n1. The Morgan fingerprint density at radius 2 is 2.11 bits per heavy atom. The molecule has 0 radical (unpaired) electrons. The van der Waals surface area contributed by atoms with E-state index in [4.69, 9.17) is 9.72 Å². The van der Waals surface area contributed by atoms with Crippen LogP contribution in [0.4, 0.5) is 5.95 Å². The van der Waals surface area contributed by atoms with E-state index in [1.165, 1.54) is 12.8 Å². The van der Waals surface area contributed by atoms with E-state index >= 15 is 0 Å². The summed E-state index contributed by atoms with van der Waals surface area (Å²) in [5.74, 6) is 0.706. The van der Waals surface area contributed by atoms with Crippen molar-refractivity contribution in [3.8, 4) is 11.1 Å². The van der Waals surface area contributed by atoms with E-state index in [2.05, 4.69) is 32.5 Å². The Balaban J connectivity index is 1.24. The van der Waals surface area contributed by atoms with Crippen molar-refractivity contribution in [2.45, 2.75) is 31.7 Å². The predicted octanol–water partition coefficient (Wildman–Crippen LogP) is 3.64. The second kappa shape index (κ2) is 6.04. The Bertz CT molecular complexity index is 1150. The number of rotatable bonds is 3. The van der Waals surface area contributed by atoms with Gasteiger partial charge in [0.15, 0.2) is 0 Å². The van der Waals surface area contributed by atoms with E-state index in [0.29, 0.717) is 17.4 Å². The molecule has 0 bridgehead atoms. The second-order valence-electron chi connectivity index (χ2n) is 8.19. The number of fused-ring (bicyclic) bond motifs is 2. The van der Waals surface area contributed by atoms with Crippen LogP contribution in [0.5, 0.6) is 0 Å². The Morgan fingerprint density at radius 1 is 1.21 bits per heavy atom. The van der Waals surface area contributed by atoms with Gasteiger partial charge in [0, 0.05) is 47.2 Å². The molecule has 1 aliphatic heterocycles. The summed E-state index contributed by atoms with van der Waals surface area (Å²) in [6, 6.07) is 6.64. The van der Waals surface area contributed by atoms with Gasteiger partial charge in [-0.1, -0.05) is 0 Å². The van der Waals surface area contributed by atoms with Crippen LogP contribution in [0.1, 0.15) is 25.7 Å². The Kier molecular flexibility index (Phi) is 3.46. The summed E-state index contributed by atoms with van der Waals surface area (Å²) < 4.78 is 7.28. The van der Waals surface area contributed by atoms with Crippen LogP contribution in [0.3, 0.4) is 0 Å². The molecule has 0 atom stereocenters. The average Bonchev–Trinajstić information content (AvgIpc) is 3.33. The molecule has 0 unspecified atom stereocenters. The molecule has 142 valence electrons. The van der Waals surface area contributed by atoms with Crippen molar-refractivity contribution < 1.29 is 4.74 Å². The summed E-state index contributed by atoms with van der Waals surface area (Å²) in [5.41, 5.74) is 4.63. The first-order valence-corrected chi connectivity index (χ1v) is 9.90. The van der Waals surface area contributed by atoms with Gasteiger partial charge >= 0.3 is 0 Å². The van der Waals surface area contributed by atoms with Crippen molar-refractivity contribution in [3.05, 3.63) is 43.0 Å². The number of hydrogen-bond donors (Lipinski definition) is 2. The zero-order valence-corrected chi connectivity index (χ0v) is 15.6. The third-order valence-electron chi connectivity index (χ3n) is 6.34. The Hall–Kier alpha value is -2.93. The predicted molar refractivity (Wildman–Crippen MR) is 107 cm³/mol. The third kappa shape index (κ3) is 2.57. The van der Waals surface area contributed by atoms with E-state index in [1.54, 1.807) is 6.20 Å². The van der Waals surface area contributed by atoms with Crippen LogP contribution in [0, 0.1) is 5.41 Å². The van der Waals surface area contributed by atoms with Crippen molar-refractivity contribution in [1.82, 2.24) is 24.6 Å². The fourth-order valence-electron chi connectivity index (χ4n) is 4.54. The molecule has 1 saturated carbocycles. The zero-order valence-electron chi connectivity index (χ0n) is 15.6. The second-order valence-corrected chi connectivity index (χ2v) is 8.19. The van der Waals surface area contributed by atoms with Gasteiger partial charge in [0.1, 0.15) is 5.65 Å². The van der Waals surface area contributed by atoms with Gasteiger partial charge < -0.3 is 15.0 Å². The molecule has 4 aromatic heterocycles. The van der Waals surface area contributed by atoms with Gasteiger partial charge in [0.2, 0.25) is 5.95 Å². The number of pyridine rings is 1. The van der Waals surface area contributed by atoms with Gasteiger partial charge in [-0.2, -0.15) is 10.1 Å².